The highest BCUT2D eigenvalue weighted by molar-refractivity contribution is 5.76. The molecule has 6 heteroatoms. The fourth-order valence-electron chi connectivity index (χ4n) is 2.61. The van der Waals surface area contributed by atoms with Crippen molar-refractivity contribution in [1.29, 1.82) is 0 Å². The molecule has 124 valence electrons. The predicted octanol–water partition coefficient (Wildman–Crippen LogP) is 1.89. The highest BCUT2D eigenvalue weighted by Crippen LogP contribution is 2.29. The summed E-state index contributed by atoms with van der Waals surface area (Å²) >= 11 is 0. The number of amides is 1. The molecule has 1 atom stereocenters. The number of nitrogens with two attached hydrogens (primary N) is 1. The number of rotatable bonds is 5. The Balaban J connectivity index is 1.77. The van der Waals surface area contributed by atoms with Gasteiger partial charge in [0.05, 0.1) is 0 Å². The Morgan fingerprint density at radius 2 is 2.18 bits per heavy atom. The Morgan fingerprint density at radius 3 is 2.73 bits per heavy atom. The predicted molar refractivity (Wildman–Crippen MR) is 84.3 cm³/mol. The number of carbonyl (C=O) groups is 1. The Kier molecular flexibility index (Phi) is 4.90. The summed E-state index contributed by atoms with van der Waals surface area (Å²) in [5.74, 6) is 1.53. The average Bonchev–Trinajstić information content (AvgIpc) is 3.06. The summed E-state index contributed by atoms with van der Waals surface area (Å²) in [5.41, 5.74) is 5.75. The molecule has 1 aliphatic heterocycles. The summed E-state index contributed by atoms with van der Waals surface area (Å²) in [4.78, 5) is 18.5. The molecule has 0 spiro atoms. The summed E-state index contributed by atoms with van der Waals surface area (Å²) in [6, 6.07) is 0. The third-order valence-corrected chi connectivity index (χ3v) is 4.32. The first-order valence-corrected chi connectivity index (χ1v) is 8.04. The zero-order valence-corrected chi connectivity index (χ0v) is 14.2. The van der Waals surface area contributed by atoms with E-state index >= 15 is 0 Å². The van der Waals surface area contributed by atoms with Crippen molar-refractivity contribution in [2.75, 3.05) is 19.6 Å². The molecular weight excluding hydrogens is 280 g/mol. The lowest BCUT2D eigenvalue weighted by molar-refractivity contribution is -0.130. The van der Waals surface area contributed by atoms with Crippen LogP contribution in [0.15, 0.2) is 4.52 Å². The van der Waals surface area contributed by atoms with Crippen LogP contribution in [0.5, 0.6) is 0 Å². The van der Waals surface area contributed by atoms with Gasteiger partial charge in [-0.25, -0.2) is 0 Å². The van der Waals surface area contributed by atoms with Crippen molar-refractivity contribution in [3.05, 3.63) is 11.7 Å². The Bertz CT molecular complexity index is 520. The first kappa shape index (κ1) is 16.9. The highest BCUT2D eigenvalue weighted by Gasteiger charge is 2.34. The lowest BCUT2D eigenvalue weighted by Gasteiger charge is -2.22. The van der Waals surface area contributed by atoms with Gasteiger partial charge >= 0.3 is 0 Å². The number of nitrogens with zero attached hydrogens (tertiary/aromatic N) is 3. The fourth-order valence-corrected chi connectivity index (χ4v) is 2.61. The topological polar surface area (TPSA) is 85.2 Å². The molecule has 1 saturated heterocycles. The van der Waals surface area contributed by atoms with Crippen LogP contribution in [-0.2, 0) is 16.6 Å². The van der Waals surface area contributed by atoms with Crippen molar-refractivity contribution in [3.63, 3.8) is 0 Å². The van der Waals surface area contributed by atoms with Gasteiger partial charge in [0.25, 0.3) is 0 Å². The zero-order valence-electron chi connectivity index (χ0n) is 14.2. The van der Waals surface area contributed by atoms with Gasteiger partial charge in [-0.05, 0) is 24.8 Å². The van der Waals surface area contributed by atoms with Crippen molar-refractivity contribution in [2.45, 2.75) is 58.8 Å². The van der Waals surface area contributed by atoms with Gasteiger partial charge in [0.1, 0.15) is 0 Å². The molecule has 1 amide bonds. The molecule has 0 saturated carbocycles. The molecule has 1 aromatic heterocycles. The van der Waals surface area contributed by atoms with Gasteiger partial charge < -0.3 is 15.2 Å². The Morgan fingerprint density at radius 1 is 1.45 bits per heavy atom. The number of aromatic nitrogens is 2. The van der Waals surface area contributed by atoms with Crippen molar-refractivity contribution in [1.82, 2.24) is 15.0 Å². The number of likely N-dealkylation sites (tertiary alicyclic amines) is 1. The minimum atomic E-state index is -0.111. The molecule has 22 heavy (non-hydrogen) atoms. The maximum absolute atomic E-state index is 12.2. The fraction of sp³-hybridized carbons (Fsp3) is 0.812. The van der Waals surface area contributed by atoms with E-state index in [2.05, 4.69) is 17.1 Å². The van der Waals surface area contributed by atoms with Crippen LogP contribution in [-0.4, -0.2) is 40.6 Å². The SMILES string of the molecule is CC1(CN)CCN(C(=O)CCCc2nc(C(C)(C)C)no2)C1. The molecule has 1 aliphatic rings. The molecule has 0 radical (unpaired) electrons. The molecule has 2 rings (SSSR count). The lowest BCUT2D eigenvalue weighted by atomic mass is 9.90. The standard InChI is InChI=1S/C16H28N4O2/c1-15(2,3)14-18-12(22-19-14)6-5-7-13(21)20-9-8-16(4,10-17)11-20/h5-11,17H2,1-4H3. The molecule has 0 aliphatic carbocycles. The maximum Gasteiger partial charge on any atom is 0.226 e. The van der Waals surface area contributed by atoms with Crippen LogP contribution in [0.1, 0.15) is 58.7 Å². The molecular formula is C16H28N4O2. The van der Waals surface area contributed by atoms with E-state index < -0.39 is 0 Å². The third kappa shape index (κ3) is 4.06. The van der Waals surface area contributed by atoms with E-state index in [1.165, 1.54) is 0 Å². The third-order valence-electron chi connectivity index (χ3n) is 4.32. The van der Waals surface area contributed by atoms with Crippen molar-refractivity contribution in [2.24, 2.45) is 11.1 Å². The van der Waals surface area contributed by atoms with Crippen molar-refractivity contribution < 1.29 is 9.32 Å². The van der Waals surface area contributed by atoms with Crippen LogP contribution in [0, 0.1) is 5.41 Å². The van der Waals surface area contributed by atoms with E-state index in [1.54, 1.807) is 0 Å². The molecule has 1 fully saturated rings. The summed E-state index contributed by atoms with van der Waals surface area (Å²) in [7, 11) is 0. The molecule has 6 nitrogen and oxygen atoms in total. The van der Waals surface area contributed by atoms with Crippen LogP contribution in [0.3, 0.4) is 0 Å². The molecule has 2 heterocycles. The smallest absolute Gasteiger partial charge is 0.226 e. The van der Waals surface area contributed by atoms with Gasteiger partial charge in [-0.1, -0.05) is 32.9 Å². The van der Waals surface area contributed by atoms with Crippen LogP contribution in [0.4, 0.5) is 0 Å². The molecule has 1 aromatic rings. The first-order chi connectivity index (χ1) is 10.2. The lowest BCUT2D eigenvalue weighted by Crippen LogP contribution is -2.34. The van der Waals surface area contributed by atoms with Crippen LogP contribution in [0.25, 0.3) is 0 Å². The van der Waals surface area contributed by atoms with Gasteiger partial charge in [0.15, 0.2) is 5.82 Å². The second-order valence-corrected chi connectivity index (χ2v) is 7.70. The summed E-state index contributed by atoms with van der Waals surface area (Å²) < 4.78 is 5.25. The number of hydrogen-bond acceptors (Lipinski definition) is 5. The van der Waals surface area contributed by atoms with Gasteiger partial charge in [0.2, 0.25) is 11.8 Å². The molecule has 0 bridgehead atoms. The average molecular weight is 308 g/mol. The maximum atomic E-state index is 12.2. The van der Waals surface area contributed by atoms with E-state index in [0.717, 1.165) is 25.9 Å². The van der Waals surface area contributed by atoms with Gasteiger partial charge in [-0.3, -0.25) is 4.79 Å². The largest absolute Gasteiger partial charge is 0.342 e. The van der Waals surface area contributed by atoms with E-state index in [-0.39, 0.29) is 16.7 Å². The van der Waals surface area contributed by atoms with E-state index in [4.69, 9.17) is 10.3 Å². The highest BCUT2D eigenvalue weighted by atomic mass is 16.5. The summed E-state index contributed by atoms with van der Waals surface area (Å²) in [6.45, 7) is 10.5. The number of hydrogen-bond donors (Lipinski definition) is 1. The summed E-state index contributed by atoms with van der Waals surface area (Å²) in [5, 5.41) is 4.00. The Labute approximate surface area is 132 Å². The van der Waals surface area contributed by atoms with Crippen LogP contribution >= 0.6 is 0 Å². The van der Waals surface area contributed by atoms with E-state index in [9.17, 15) is 4.79 Å². The first-order valence-electron chi connectivity index (χ1n) is 8.04. The minimum absolute atomic E-state index is 0.0871. The zero-order chi connectivity index (χ0) is 16.4. The van der Waals surface area contributed by atoms with Gasteiger partial charge in [0, 0.05) is 31.3 Å². The molecule has 1 unspecified atom stereocenters. The summed E-state index contributed by atoms with van der Waals surface area (Å²) in [6.07, 6.45) is 2.90. The minimum Gasteiger partial charge on any atom is -0.342 e. The second kappa shape index (κ2) is 6.36. The van der Waals surface area contributed by atoms with Gasteiger partial charge in [-0.15, -0.1) is 0 Å². The normalized spacial score (nSPS) is 22.3. The monoisotopic (exact) mass is 308 g/mol. The van der Waals surface area contributed by atoms with Gasteiger partial charge in [-0.2, -0.15) is 4.98 Å². The van der Waals surface area contributed by atoms with Crippen molar-refractivity contribution >= 4 is 5.91 Å². The molecule has 2 N–H and O–H groups in total. The molecule has 0 aromatic carbocycles. The van der Waals surface area contributed by atoms with E-state index in [1.807, 2.05) is 25.7 Å². The quantitative estimate of drug-likeness (QED) is 0.897. The van der Waals surface area contributed by atoms with E-state index in [0.29, 0.717) is 31.1 Å². The Hall–Kier alpha value is -1.43. The second-order valence-electron chi connectivity index (χ2n) is 7.70. The number of carbonyl (C=O) groups excluding carboxylic acids is 1. The number of aryl methyl sites for hydroxylation is 1. The van der Waals surface area contributed by atoms with Crippen LogP contribution in [0.2, 0.25) is 0 Å². The van der Waals surface area contributed by atoms with Crippen molar-refractivity contribution in [3.8, 4) is 0 Å². The van der Waals surface area contributed by atoms with Crippen LogP contribution < -0.4 is 5.73 Å².